The molecule has 0 aliphatic rings. The molecule has 0 heterocycles. The van der Waals surface area contributed by atoms with E-state index in [0.717, 1.165) is 16.7 Å². The van der Waals surface area contributed by atoms with Crippen molar-refractivity contribution in [3.8, 4) is 0 Å². The SMILES string of the molecule is CN=C(NCc1ccccc1CS(=O)(=O)NC(C)C)N(C)Cc1cccc(F)c1. The van der Waals surface area contributed by atoms with Gasteiger partial charge >= 0.3 is 0 Å². The minimum absolute atomic E-state index is 0.0826. The topological polar surface area (TPSA) is 73.8 Å². The third-order valence-corrected chi connectivity index (χ3v) is 5.72. The summed E-state index contributed by atoms with van der Waals surface area (Å²) in [5, 5.41) is 3.25. The monoisotopic (exact) mass is 420 g/mol. The molecule has 0 unspecified atom stereocenters. The highest BCUT2D eigenvalue weighted by molar-refractivity contribution is 7.88. The summed E-state index contributed by atoms with van der Waals surface area (Å²) in [4.78, 5) is 6.16. The van der Waals surface area contributed by atoms with Gasteiger partial charge < -0.3 is 10.2 Å². The van der Waals surface area contributed by atoms with Gasteiger partial charge in [0.1, 0.15) is 5.82 Å². The molecule has 0 amide bonds. The van der Waals surface area contributed by atoms with Crippen LogP contribution in [0.2, 0.25) is 0 Å². The standard InChI is InChI=1S/C21H29FN4O2S/c1-16(2)25-29(27,28)15-19-10-6-5-9-18(19)13-24-21(23-3)26(4)14-17-8-7-11-20(22)12-17/h5-12,16,25H,13-15H2,1-4H3,(H,23,24). The van der Waals surface area contributed by atoms with Crippen molar-refractivity contribution in [3.05, 3.63) is 71.0 Å². The van der Waals surface area contributed by atoms with E-state index in [0.29, 0.717) is 19.0 Å². The zero-order chi connectivity index (χ0) is 21.4. The van der Waals surface area contributed by atoms with Gasteiger partial charge in [0.15, 0.2) is 5.96 Å². The number of nitrogens with one attached hydrogen (secondary N) is 2. The molecule has 158 valence electrons. The van der Waals surface area contributed by atoms with Crippen molar-refractivity contribution in [2.75, 3.05) is 14.1 Å². The van der Waals surface area contributed by atoms with Crippen LogP contribution in [-0.4, -0.2) is 39.4 Å². The van der Waals surface area contributed by atoms with Gasteiger partial charge in [-0.15, -0.1) is 0 Å². The predicted octanol–water partition coefficient (Wildman–Crippen LogP) is 2.86. The molecule has 2 rings (SSSR count). The largest absolute Gasteiger partial charge is 0.352 e. The lowest BCUT2D eigenvalue weighted by molar-refractivity contribution is 0.474. The molecule has 0 fully saturated rings. The number of rotatable bonds is 8. The third kappa shape index (κ3) is 7.47. The second-order valence-electron chi connectivity index (χ2n) is 7.19. The first-order valence-electron chi connectivity index (χ1n) is 9.43. The summed E-state index contributed by atoms with van der Waals surface area (Å²) in [6.07, 6.45) is 0. The Labute approximate surface area is 172 Å². The van der Waals surface area contributed by atoms with Crippen LogP contribution in [0.3, 0.4) is 0 Å². The Morgan fingerprint density at radius 3 is 2.45 bits per heavy atom. The van der Waals surface area contributed by atoms with Crippen LogP contribution >= 0.6 is 0 Å². The van der Waals surface area contributed by atoms with E-state index < -0.39 is 10.0 Å². The number of sulfonamides is 1. The average molecular weight is 421 g/mol. The second-order valence-corrected chi connectivity index (χ2v) is 8.94. The summed E-state index contributed by atoms with van der Waals surface area (Å²) in [7, 11) is 0.123. The fraction of sp³-hybridized carbons (Fsp3) is 0.381. The van der Waals surface area contributed by atoms with E-state index in [9.17, 15) is 12.8 Å². The van der Waals surface area contributed by atoms with E-state index >= 15 is 0 Å². The molecular weight excluding hydrogens is 391 g/mol. The fourth-order valence-electron chi connectivity index (χ4n) is 3.02. The first-order chi connectivity index (χ1) is 13.7. The summed E-state index contributed by atoms with van der Waals surface area (Å²) < 4.78 is 40.6. The van der Waals surface area contributed by atoms with Crippen molar-refractivity contribution < 1.29 is 12.8 Å². The lowest BCUT2D eigenvalue weighted by Gasteiger charge is -2.23. The van der Waals surface area contributed by atoms with Crippen LogP contribution < -0.4 is 10.0 Å². The number of hydrogen-bond donors (Lipinski definition) is 2. The minimum Gasteiger partial charge on any atom is -0.352 e. The average Bonchev–Trinajstić information content (AvgIpc) is 2.62. The molecule has 0 radical (unpaired) electrons. The third-order valence-electron chi connectivity index (χ3n) is 4.20. The Hall–Kier alpha value is -2.45. The number of hydrogen-bond acceptors (Lipinski definition) is 3. The molecular formula is C21H29FN4O2S. The number of guanidine groups is 1. The summed E-state index contributed by atoms with van der Waals surface area (Å²) in [6, 6.07) is 13.7. The van der Waals surface area contributed by atoms with Crippen LogP contribution in [0, 0.1) is 5.82 Å². The Morgan fingerprint density at radius 1 is 1.14 bits per heavy atom. The van der Waals surface area contributed by atoms with Crippen LogP contribution in [0.15, 0.2) is 53.5 Å². The van der Waals surface area contributed by atoms with Crippen LogP contribution in [0.5, 0.6) is 0 Å². The molecule has 2 aromatic rings. The molecule has 0 aliphatic heterocycles. The number of benzene rings is 2. The van der Waals surface area contributed by atoms with Crippen molar-refractivity contribution >= 4 is 16.0 Å². The Balaban J connectivity index is 2.06. The van der Waals surface area contributed by atoms with Crippen molar-refractivity contribution in [3.63, 3.8) is 0 Å². The Bertz CT molecular complexity index is 945. The summed E-state index contributed by atoms with van der Waals surface area (Å²) in [5.74, 6) is 0.275. The maximum atomic E-state index is 13.4. The van der Waals surface area contributed by atoms with E-state index in [1.807, 2.05) is 42.3 Å². The van der Waals surface area contributed by atoms with Gasteiger partial charge in [-0.3, -0.25) is 4.99 Å². The molecule has 0 bridgehead atoms. The molecule has 2 aromatic carbocycles. The summed E-state index contributed by atoms with van der Waals surface area (Å²) in [6.45, 7) is 4.51. The highest BCUT2D eigenvalue weighted by Gasteiger charge is 2.16. The maximum Gasteiger partial charge on any atom is 0.216 e. The minimum atomic E-state index is -3.42. The number of nitrogens with zero attached hydrogens (tertiary/aromatic N) is 2. The molecule has 0 atom stereocenters. The Kier molecular flexibility index (Phi) is 8.16. The van der Waals surface area contributed by atoms with Crippen molar-refractivity contribution in [2.24, 2.45) is 4.99 Å². The maximum absolute atomic E-state index is 13.4. The van der Waals surface area contributed by atoms with Crippen molar-refractivity contribution in [1.29, 1.82) is 0 Å². The smallest absolute Gasteiger partial charge is 0.216 e. The van der Waals surface area contributed by atoms with Gasteiger partial charge in [-0.2, -0.15) is 0 Å². The summed E-state index contributed by atoms with van der Waals surface area (Å²) in [5.41, 5.74) is 2.44. The lowest BCUT2D eigenvalue weighted by atomic mass is 10.1. The van der Waals surface area contributed by atoms with Gasteiger partial charge in [-0.05, 0) is 42.7 Å². The fourth-order valence-corrected chi connectivity index (χ4v) is 4.51. The normalized spacial score (nSPS) is 12.3. The predicted molar refractivity (Wildman–Crippen MR) is 115 cm³/mol. The van der Waals surface area contributed by atoms with Crippen LogP contribution in [0.25, 0.3) is 0 Å². The highest BCUT2D eigenvalue weighted by atomic mass is 32.2. The van der Waals surface area contributed by atoms with E-state index in [1.165, 1.54) is 12.1 Å². The molecule has 0 spiro atoms. The second kappa shape index (κ2) is 10.4. The number of aliphatic imine (C=N–C) groups is 1. The van der Waals surface area contributed by atoms with E-state index in [2.05, 4.69) is 15.0 Å². The van der Waals surface area contributed by atoms with Crippen LogP contribution in [0.4, 0.5) is 4.39 Å². The van der Waals surface area contributed by atoms with Gasteiger partial charge in [0, 0.05) is 33.2 Å². The first-order valence-corrected chi connectivity index (χ1v) is 11.1. The molecule has 6 nitrogen and oxygen atoms in total. The van der Waals surface area contributed by atoms with Crippen molar-refractivity contribution in [2.45, 2.75) is 38.7 Å². The van der Waals surface area contributed by atoms with E-state index in [-0.39, 0.29) is 17.6 Å². The molecule has 0 aromatic heterocycles. The van der Waals surface area contributed by atoms with Gasteiger partial charge in [0.05, 0.1) is 5.75 Å². The zero-order valence-electron chi connectivity index (χ0n) is 17.3. The molecule has 0 saturated heterocycles. The molecule has 29 heavy (non-hydrogen) atoms. The molecule has 2 N–H and O–H groups in total. The molecule has 0 saturated carbocycles. The van der Waals surface area contributed by atoms with E-state index in [4.69, 9.17) is 0 Å². The molecule has 0 aliphatic carbocycles. The quantitative estimate of drug-likeness (QED) is 0.509. The highest BCUT2D eigenvalue weighted by Crippen LogP contribution is 2.13. The van der Waals surface area contributed by atoms with Crippen LogP contribution in [0.1, 0.15) is 30.5 Å². The van der Waals surface area contributed by atoms with Gasteiger partial charge in [0.25, 0.3) is 0 Å². The zero-order valence-corrected chi connectivity index (χ0v) is 18.1. The van der Waals surface area contributed by atoms with Gasteiger partial charge in [0.2, 0.25) is 10.0 Å². The van der Waals surface area contributed by atoms with Crippen LogP contribution in [-0.2, 0) is 28.9 Å². The summed E-state index contributed by atoms with van der Waals surface area (Å²) >= 11 is 0. The lowest BCUT2D eigenvalue weighted by Crippen LogP contribution is -2.38. The van der Waals surface area contributed by atoms with E-state index in [1.54, 1.807) is 27.0 Å². The van der Waals surface area contributed by atoms with Crippen molar-refractivity contribution in [1.82, 2.24) is 14.9 Å². The van der Waals surface area contributed by atoms with Gasteiger partial charge in [-0.25, -0.2) is 17.5 Å². The van der Waals surface area contributed by atoms with Gasteiger partial charge in [-0.1, -0.05) is 36.4 Å². The first kappa shape index (κ1) is 22.8. The molecule has 8 heteroatoms. The Morgan fingerprint density at radius 2 is 1.83 bits per heavy atom. The number of halogens is 1.